The number of nitrogens with one attached hydrogen (secondary N) is 1. The first-order valence-electron chi connectivity index (χ1n) is 8.55. The number of aryl methyl sites for hydroxylation is 2. The van der Waals surface area contributed by atoms with E-state index < -0.39 is 16.1 Å². The van der Waals surface area contributed by atoms with Gasteiger partial charge in [0.1, 0.15) is 6.10 Å². The van der Waals surface area contributed by atoms with E-state index in [4.69, 9.17) is 0 Å². The highest BCUT2D eigenvalue weighted by atomic mass is 32.2. The lowest BCUT2D eigenvalue weighted by molar-refractivity contribution is -0.118. The number of anilines is 1. The van der Waals surface area contributed by atoms with Gasteiger partial charge in [0.05, 0.1) is 10.6 Å². The Kier molecular flexibility index (Phi) is 4.38. The predicted octanol–water partition coefficient (Wildman–Crippen LogP) is 1.90. The predicted molar refractivity (Wildman–Crippen MR) is 100 cm³/mol. The van der Waals surface area contributed by atoms with E-state index >= 15 is 0 Å². The van der Waals surface area contributed by atoms with Gasteiger partial charge in [-0.25, -0.2) is 13.1 Å². The standard InChI is InChI=1S/C18H20N2O4S2/c1-11-5-7-25-18(11)15(21)10-19-26(23,24)14-8-12-2-3-16(22)20-6-4-13(9-14)17(12)20/h5,7-9,15,19,21H,2-4,6,10H2,1H3/t15-/m0/s1. The first-order chi connectivity index (χ1) is 12.4. The summed E-state index contributed by atoms with van der Waals surface area (Å²) < 4.78 is 28.0. The molecule has 0 spiro atoms. The zero-order valence-corrected chi connectivity index (χ0v) is 16.0. The number of aliphatic hydroxyl groups is 1. The van der Waals surface area contributed by atoms with Crippen LogP contribution in [-0.4, -0.2) is 32.5 Å². The monoisotopic (exact) mass is 392 g/mol. The molecule has 26 heavy (non-hydrogen) atoms. The SMILES string of the molecule is Cc1ccsc1[C@@H](O)CNS(=O)(=O)c1cc2c3c(c1)CCN3C(=O)CC2. The summed E-state index contributed by atoms with van der Waals surface area (Å²) in [5, 5.41) is 12.1. The van der Waals surface area contributed by atoms with Crippen molar-refractivity contribution in [2.75, 3.05) is 18.0 Å². The summed E-state index contributed by atoms with van der Waals surface area (Å²) in [4.78, 5) is 14.7. The number of carbonyl (C=O) groups excluding carboxylic acids is 1. The van der Waals surface area contributed by atoms with Gasteiger partial charge in [0.15, 0.2) is 0 Å². The maximum atomic E-state index is 12.7. The number of thiophene rings is 1. The number of nitrogens with zero attached hydrogens (tertiary/aromatic N) is 1. The first-order valence-corrected chi connectivity index (χ1v) is 10.9. The van der Waals surface area contributed by atoms with Gasteiger partial charge in [-0.1, -0.05) is 0 Å². The molecule has 1 atom stereocenters. The fourth-order valence-electron chi connectivity index (χ4n) is 3.67. The van der Waals surface area contributed by atoms with Crippen molar-refractivity contribution in [3.63, 3.8) is 0 Å². The Labute approximate surface area is 156 Å². The highest BCUT2D eigenvalue weighted by Gasteiger charge is 2.33. The number of hydrogen-bond donors (Lipinski definition) is 2. The molecule has 6 nitrogen and oxygen atoms in total. The lowest BCUT2D eigenvalue weighted by atomic mass is 10.00. The van der Waals surface area contributed by atoms with Gasteiger partial charge in [0.2, 0.25) is 15.9 Å². The van der Waals surface area contributed by atoms with Crippen molar-refractivity contribution in [2.45, 2.75) is 37.2 Å². The summed E-state index contributed by atoms with van der Waals surface area (Å²) in [7, 11) is -3.73. The average Bonchev–Trinajstić information content (AvgIpc) is 3.23. The minimum atomic E-state index is -3.73. The molecule has 8 heteroatoms. The molecule has 2 aromatic rings. The number of hydrogen-bond acceptors (Lipinski definition) is 5. The van der Waals surface area contributed by atoms with Crippen molar-refractivity contribution >= 4 is 33.0 Å². The van der Waals surface area contributed by atoms with Crippen LogP contribution in [0.1, 0.15) is 34.1 Å². The van der Waals surface area contributed by atoms with E-state index in [9.17, 15) is 18.3 Å². The van der Waals surface area contributed by atoms with E-state index in [1.807, 2.05) is 18.4 Å². The molecule has 2 aliphatic heterocycles. The zero-order valence-electron chi connectivity index (χ0n) is 14.4. The molecule has 2 aliphatic rings. The molecule has 0 saturated carbocycles. The molecule has 138 valence electrons. The van der Waals surface area contributed by atoms with E-state index in [0.29, 0.717) is 25.8 Å². The Bertz CT molecular complexity index is 981. The summed E-state index contributed by atoms with van der Waals surface area (Å²) >= 11 is 1.41. The lowest BCUT2D eigenvalue weighted by Crippen LogP contribution is -2.33. The third-order valence-corrected chi connectivity index (χ3v) is 7.53. The normalized spacial score (nSPS) is 17.5. The highest BCUT2D eigenvalue weighted by molar-refractivity contribution is 7.89. The van der Waals surface area contributed by atoms with Gasteiger partial charge in [-0.05, 0) is 60.0 Å². The van der Waals surface area contributed by atoms with E-state index in [-0.39, 0.29) is 17.3 Å². The van der Waals surface area contributed by atoms with Crippen LogP contribution in [0, 0.1) is 6.92 Å². The maximum absolute atomic E-state index is 12.7. The third-order valence-electron chi connectivity index (χ3n) is 5.01. The average molecular weight is 393 g/mol. The molecule has 3 heterocycles. The van der Waals surface area contributed by atoms with Crippen LogP contribution in [0.3, 0.4) is 0 Å². The molecule has 1 aromatic carbocycles. The number of aliphatic hydroxyl groups excluding tert-OH is 1. The second kappa shape index (κ2) is 6.45. The van der Waals surface area contributed by atoms with E-state index in [1.54, 1.807) is 17.0 Å². The van der Waals surface area contributed by atoms with Crippen LogP contribution in [0.5, 0.6) is 0 Å². The van der Waals surface area contributed by atoms with Gasteiger partial charge in [0.25, 0.3) is 0 Å². The first kappa shape index (κ1) is 17.7. The Morgan fingerprint density at radius 1 is 1.27 bits per heavy atom. The minimum absolute atomic E-state index is 0.0687. The number of amides is 1. The number of sulfonamides is 1. The summed E-state index contributed by atoms with van der Waals surface area (Å²) in [5.41, 5.74) is 3.67. The van der Waals surface area contributed by atoms with Crippen molar-refractivity contribution in [1.82, 2.24) is 4.72 Å². The molecule has 0 aliphatic carbocycles. The van der Waals surface area contributed by atoms with Gasteiger partial charge >= 0.3 is 0 Å². The van der Waals surface area contributed by atoms with Crippen molar-refractivity contribution in [2.24, 2.45) is 0 Å². The molecule has 4 rings (SSSR count). The van der Waals surface area contributed by atoms with Crippen LogP contribution in [0.25, 0.3) is 0 Å². The Balaban J connectivity index is 1.57. The van der Waals surface area contributed by atoms with E-state index in [0.717, 1.165) is 27.3 Å². The third kappa shape index (κ3) is 2.96. The number of benzene rings is 1. The summed E-state index contributed by atoms with van der Waals surface area (Å²) in [6, 6.07) is 5.22. The van der Waals surface area contributed by atoms with Gasteiger partial charge < -0.3 is 10.0 Å². The fraction of sp³-hybridized carbons (Fsp3) is 0.389. The molecule has 2 N–H and O–H groups in total. The van der Waals surface area contributed by atoms with Crippen molar-refractivity contribution < 1.29 is 18.3 Å². The molecule has 0 fully saturated rings. The topological polar surface area (TPSA) is 86.7 Å². The molecule has 0 saturated heterocycles. The molecule has 1 aromatic heterocycles. The largest absolute Gasteiger partial charge is 0.386 e. The van der Waals surface area contributed by atoms with Gasteiger partial charge in [-0.15, -0.1) is 11.3 Å². The molecule has 0 bridgehead atoms. The summed E-state index contributed by atoms with van der Waals surface area (Å²) in [6.07, 6.45) is 0.789. The van der Waals surface area contributed by atoms with Crippen LogP contribution in [0.15, 0.2) is 28.5 Å². The quantitative estimate of drug-likeness (QED) is 0.814. The Morgan fingerprint density at radius 3 is 2.69 bits per heavy atom. The van der Waals surface area contributed by atoms with Crippen molar-refractivity contribution in [1.29, 1.82) is 0 Å². The van der Waals surface area contributed by atoms with Crippen LogP contribution in [-0.2, 0) is 27.7 Å². The summed E-state index contributed by atoms with van der Waals surface area (Å²) in [5.74, 6) is 0.111. The Morgan fingerprint density at radius 2 is 2.00 bits per heavy atom. The maximum Gasteiger partial charge on any atom is 0.240 e. The molecular weight excluding hydrogens is 372 g/mol. The number of rotatable bonds is 5. The zero-order chi connectivity index (χ0) is 18.5. The highest BCUT2D eigenvalue weighted by Crippen LogP contribution is 2.38. The van der Waals surface area contributed by atoms with Crippen LogP contribution in [0.4, 0.5) is 5.69 Å². The van der Waals surface area contributed by atoms with Gasteiger partial charge in [-0.2, -0.15) is 0 Å². The summed E-state index contributed by atoms with van der Waals surface area (Å²) in [6.45, 7) is 2.44. The molecule has 0 radical (unpaired) electrons. The van der Waals surface area contributed by atoms with E-state index in [1.165, 1.54) is 11.3 Å². The van der Waals surface area contributed by atoms with Crippen molar-refractivity contribution in [3.05, 3.63) is 45.1 Å². The second-order valence-corrected chi connectivity index (χ2v) is 9.44. The molecular formula is C18H20N2O4S2. The van der Waals surface area contributed by atoms with Crippen LogP contribution >= 0.6 is 11.3 Å². The second-order valence-electron chi connectivity index (χ2n) is 6.72. The smallest absolute Gasteiger partial charge is 0.240 e. The molecule has 1 amide bonds. The number of carbonyl (C=O) groups is 1. The van der Waals surface area contributed by atoms with Gasteiger partial charge in [0, 0.05) is 24.4 Å². The van der Waals surface area contributed by atoms with E-state index in [2.05, 4.69) is 4.72 Å². The fourth-order valence-corrected chi connectivity index (χ4v) is 5.72. The molecule has 0 unspecified atom stereocenters. The minimum Gasteiger partial charge on any atom is -0.386 e. The van der Waals surface area contributed by atoms with Gasteiger partial charge in [-0.3, -0.25) is 4.79 Å². The van der Waals surface area contributed by atoms with Crippen LogP contribution in [0.2, 0.25) is 0 Å². The van der Waals surface area contributed by atoms with Crippen LogP contribution < -0.4 is 9.62 Å². The Hall–Kier alpha value is -1.74. The van der Waals surface area contributed by atoms with Crippen molar-refractivity contribution in [3.8, 4) is 0 Å². The lowest BCUT2D eigenvalue weighted by Gasteiger charge is -2.25.